The van der Waals surface area contributed by atoms with Gasteiger partial charge in [-0.1, -0.05) is 45.4 Å². The number of ether oxygens (including phenoxy) is 2. The van der Waals surface area contributed by atoms with Crippen molar-refractivity contribution in [1.29, 1.82) is 0 Å². The number of nitrogen functional groups attached to an aromatic ring is 1. The van der Waals surface area contributed by atoms with Crippen LogP contribution in [0.15, 0.2) is 18.2 Å². The van der Waals surface area contributed by atoms with Crippen LogP contribution in [0.25, 0.3) is 0 Å². The van der Waals surface area contributed by atoms with Crippen molar-refractivity contribution in [1.82, 2.24) is 0 Å². The van der Waals surface area contributed by atoms with Gasteiger partial charge in [0, 0.05) is 0 Å². The summed E-state index contributed by atoms with van der Waals surface area (Å²) >= 11 is 0. The highest BCUT2D eigenvalue weighted by Gasteiger charge is 2.20. The maximum Gasteiger partial charge on any atom is 0.338 e. The van der Waals surface area contributed by atoms with Gasteiger partial charge < -0.3 is 15.2 Å². The molecule has 0 unspecified atom stereocenters. The number of esters is 1. The van der Waals surface area contributed by atoms with Crippen molar-refractivity contribution in [3.05, 3.63) is 23.8 Å². The molecule has 1 saturated carbocycles. The minimum absolute atomic E-state index is 0.0714. The van der Waals surface area contributed by atoms with Gasteiger partial charge in [-0.3, -0.25) is 0 Å². The number of nitrogens with two attached hydrogens (primary N) is 1. The van der Waals surface area contributed by atoms with Gasteiger partial charge in [0.25, 0.3) is 0 Å². The van der Waals surface area contributed by atoms with E-state index in [0.717, 1.165) is 32.1 Å². The summed E-state index contributed by atoms with van der Waals surface area (Å²) in [7, 11) is 0. The molecule has 0 spiro atoms. The summed E-state index contributed by atoms with van der Waals surface area (Å²) in [5.74, 6) is 0.319. The van der Waals surface area contributed by atoms with Crippen LogP contribution in [-0.4, -0.2) is 18.7 Å². The first kappa shape index (κ1) is 19.6. The van der Waals surface area contributed by atoms with Gasteiger partial charge in [0.05, 0.1) is 17.9 Å². The van der Waals surface area contributed by atoms with Crippen LogP contribution in [0.2, 0.25) is 0 Å². The zero-order chi connectivity index (χ0) is 17.9. The van der Waals surface area contributed by atoms with E-state index in [1.54, 1.807) is 18.2 Å². The second-order valence-electron chi connectivity index (χ2n) is 7.03. The number of unbranched alkanes of at least 4 members (excludes halogenated alkanes) is 6. The monoisotopic (exact) mass is 347 g/mol. The Morgan fingerprint density at radius 3 is 2.48 bits per heavy atom. The van der Waals surface area contributed by atoms with E-state index in [-0.39, 0.29) is 12.1 Å². The molecule has 2 rings (SSSR count). The molecule has 1 aliphatic rings. The van der Waals surface area contributed by atoms with Crippen LogP contribution in [-0.2, 0) is 4.74 Å². The largest absolute Gasteiger partial charge is 0.491 e. The molecule has 0 bridgehead atoms. The normalized spacial score (nSPS) is 14.6. The van der Waals surface area contributed by atoms with Crippen LogP contribution in [0.1, 0.15) is 87.9 Å². The second kappa shape index (κ2) is 11.0. The SMILES string of the molecule is CCCCCCCCCOc1cc(C(=O)OC2CCCC2)ccc1N. The van der Waals surface area contributed by atoms with Crippen molar-refractivity contribution in [3.63, 3.8) is 0 Å². The van der Waals surface area contributed by atoms with E-state index in [1.807, 2.05) is 0 Å². The molecule has 0 saturated heterocycles. The molecule has 0 aromatic heterocycles. The van der Waals surface area contributed by atoms with Crippen molar-refractivity contribution in [2.24, 2.45) is 0 Å². The minimum Gasteiger partial charge on any atom is -0.491 e. The average Bonchev–Trinajstić information content (AvgIpc) is 3.11. The molecule has 1 aromatic rings. The van der Waals surface area contributed by atoms with Crippen molar-refractivity contribution in [3.8, 4) is 5.75 Å². The first-order chi connectivity index (χ1) is 12.2. The van der Waals surface area contributed by atoms with E-state index >= 15 is 0 Å². The van der Waals surface area contributed by atoms with Crippen molar-refractivity contribution < 1.29 is 14.3 Å². The van der Waals surface area contributed by atoms with E-state index in [9.17, 15) is 4.79 Å². The zero-order valence-electron chi connectivity index (χ0n) is 15.6. The topological polar surface area (TPSA) is 61.5 Å². The zero-order valence-corrected chi connectivity index (χ0v) is 15.6. The molecular weight excluding hydrogens is 314 g/mol. The summed E-state index contributed by atoms with van der Waals surface area (Å²) in [4.78, 5) is 12.2. The molecule has 0 atom stereocenters. The van der Waals surface area contributed by atoms with Crippen molar-refractivity contribution in [2.75, 3.05) is 12.3 Å². The van der Waals surface area contributed by atoms with Gasteiger partial charge in [-0.2, -0.15) is 0 Å². The third-order valence-corrected chi connectivity index (χ3v) is 4.83. The third-order valence-electron chi connectivity index (χ3n) is 4.83. The molecular formula is C21H33NO3. The molecule has 25 heavy (non-hydrogen) atoms. The smallest absolute Gasteiger partial charge is 0.338 e. The fraction of sp³-hybridized carbons (Fsp3) is 0.667. The maximum absolute atomic E-state index is 12.2. The van der Waals surface area contributed by atoms with Crippen LogP contribution in [0.4, 0.5) is 5.69 Å². The highest BCUT2D eigenvalue weighted by atomic mass is 16.5. The Balaban J connectivity index is 1.73. The molecule has 1 aromatic carbocycles. The first-order valence-corrected chi connectivity index (χ1v) is 9.94. The van der Waals surface area contributed by atoms with Crippen LogP contribution < -0.4 is 10.5 Å². The Morgan fingerprint density at radius 1 is 1.08 bits per heavy atom. The molecule has 1 fully saturated rings. The first-order valence-electron chi connectivity index (χ1n) is 9.94. The summed E-state index contributed by atoms with van der Waals surface area (Å²) in [6.07, 6.45) is 13.0. The predicted molar refractivity (Wildman–Crippen MR) is 102 cm³/mol. The van der Waals surface area contributed by atoms with E-state index in [4.69, 9.17) is 15.2 Å². The Labute approximate surface area is 152 Å². The summed E-state index contributed by atoms with van der Waals surface area (Å²) in [5.41, 5.74) is 7.07. The Morgan fingerprint density at radius 2 is 1.76 bits per heavy atom. The fourth-order valence-electron chi connectivity index (χ4n) is 3.25. The third kappa shape index (κ3) is 6.97. The molecule has 140 valence electrons. The van der Waals surface area contributed by atoms with Crippen LogP contribution in [0, 0.1) is 0 Å². The molecule has 0 heterocycles. The van der Waals surface area contributed by atoms with E-state index < -0.39 is 0 Å². The highest BCUT2D eigenvalue weighted by Crippen LogP contribution is 2.26. The molecule has 0 radical (unpaired) electrons. The summed E-state index contributed by atoms with van der Waals surface area (Å²) < 4.78 is 11.3. The number of benzene rings is 1. The molecule has 4 heteroatoms. The van der Waals surface area contributed by atoms with E-state index in [0.29, 0.717) is 23.6 Å². The lowest BCUT2D eigenvalue weighted by Gasteiger charge is -2.13. The fourth-order valence-corrected chi connectivity index (χ4v) is 3.25. The Bertz CT molecular complexity index is 524. The standard InChI is InChI=1S/C21H33NO3/c1-2-3-4-5-6-7-10-15-24-20-16-17(13-14-19(20)22)21(23)25-18-11-8-9-12-18/h13-14,16,18H,2-12,15,22H2,1H3. The van der Waals surface area contributed by atoms with Crippen LogP contribution in [0.5, 0.6) is 5.75 Å². The Kier molecular flexibility index (Phi) is 8.64. The summed E-state index contributed by atoms with van der Waals surface area (Å²) in [6, 6.07) is 5.16. The van der Waals surface area contributed by atoms with E-state index in [1.165, 1.54) is 38.5 Å². The van der Waals surface area contributed by atoms with Crippen LogP contribution in [0.3, 0.4) is 0 Å². The van der Waals surface area contributed by atoms with Gasteiger partial charge in [0.1, 0.15) is 11.9 Å². The van der Waals surface area contributed by atoms with Gasteiger partial charge in [0.2, 0.25) is 0 Å². The molecule has 1 aliphatic carbocycles. The number of hydrogen-bond acceptors (Lipinski definition) is 4. The van der Waals surface area contributed by atoms with Gasteiger partial charge in [0.15, 0.2) is 0 Å². The quantitative estimate of drug-likeness (QED) is 0.326. The van der Waals surface area contributed by atoms with Crippen molar-refractivity contribution in [2.45, 2.75) is 83.7 Å². The second-order valence-corrected chi connectivity index (χ2v) is 7.03. The molecule has 2 N–H and O–H groups in total. The number of anilines is 1. The van der Waals surface area contributed by atoms with Crippen molar-refractivity contribution >= 4 is 11.7 Å². The lowest BCUT2D eigenvalue weighted by molar-refractivity contribution is 0.0317. The lowest BCUT2D eigenvalue weighted by atomic mass is 10.1. The van der Waals surface area contributed by atoms with E-state index in [2.05, 4.69) is 6.92 Å². The highest BCUT2D eigenvalue weighted by molar-refractivity contribution is 5.90. The summed E-state index contributed by atoms with van der Waals surface area (Å²) in [5, 5.41) is 0. The van der Waals surface area contributed by atoms with Gasteiger partial charge in [-0.05, 0) is 50.3 Å². The average molecular weight is 347 g/mol. The lowest BCUT2D eigenvalue weighted by Crippen LogP contribution is -2.15. The van der Waals surface area contributed by atoms with Gasteiger partial charge in [-0.15, -0.1) is 0 Å². The number of carbonyl (C=O) groups excluding carboxylic acids is 1. The summed E-state index contributed by atoms with van der Waals surface area (Å²) in [6.45, 7) is 2.87. The number of rotatable bonds is 11. The van der Waals surface area contributed by atoms with Gasteiger partial charge >= 0.3 is 5.97 Å². The predicted octanol–water partition coefficient (Wildman–Crippen LogP) is 5.50. The molecule has 0 aliphatic heterocycles. The number of hydrogen-bond donors (Lipinski definition) is 1. The van der Waals surface area contributed by atoms with Crippen LogP contribution >= 0.6 is 0 Å². The molecule has 4 nitrogen and oxygen atoms in total. The minimum atomic E-state index is -0.271. The maximum atomic E-state index is 12.2. The molecule has 0 amide bonds. The Hall–Kier alpha value is -1.71. The van der Waals surface area contributed by atoms with Gasteiger partial charge in [-0.25, -0.2) is 4.79 Å². The number of carbonyl (C=O) groups is 1.